The summed E-state index contributed by atoms with van der Waals surface area (Å²) in [5.41, 5.74) is 2.85. The van der Waals surface area contributed by atoms with E-state index in [4.69, 9.17) is 11.6 Å². The van der Waals surface area contributed by atoms with Crippen LogP contribution in [0.15, 0.2) is 36.7 Å². The molecular weight excluding hydrogens is 295 g/mol. The Morgan fingerprint density at radius 1 is 1.10 bits per heavy atom. The zero-order valence-electron chi connectivity index (χ0n) is 10.7. The molecule has 0 aliphatic carbocycles. The molecule has 1 aromatic carbocycles. The van der Waals surface area contributed by atoms with Crippen LogP contribution < -0.4 is 17.4 Å². The van der Waals surface area contributed by atoms with Crippen LogP contribution in [0.4, 0.5) is 0 Å². The molecule has 2 aromatic heterocycles. The lowest BCUT2D eigenvalue weighted by molar-refractivity contribution is -0.347. The van der Waals surface area contributed by atoms with Gasteiger partial charge in [-0.3, -0.25) is 4.98 Å². The Bertz CT molecular complexity index is 682. The van der Waals surface area contributed by atoms with Crippen LogP contribution in [0.2, 0.25) is 5.15 Å². The number of fused-ring (bicyclic) bond motifs is 1. The fraction of sp³-hybridized carbons (Fsp3) is 0.214. The molecule has 2 N–H and O–H groups in total. The summed E-state index contributed by atoms with van der Waals surface area (Å²) in [7, 11) is 0. The van der Waals surface area contributed by atoms with Crippen LogP contribution >= 0.6 is 11.6 Å². The Morgan fingerprint density at radius 2 is 1.90 bits per heavy atom. The van der Waals surface area contributed by atoms with Crippen LogP contribution in [0.3, 0.4) is 0 Å². The Balaban J connectivity index is 0.00000147. The van der Waals surface area contributed by atoms with Crippen molar-refractivity contribution in [3.63, 3.8) is 0 Å². The van der Waals surface area contributed by atoms with Gasteiger partial charge in [0, 0.05) is 6.42 Å². The number of aryl methyl sites for hydroxylation is 2. The summed E-state index contributed by atoms with van der Waals surface area (Å²) in [6.07, 6.45) is 4.57. The van der Waals surface area contributed by atoms with Crippen LogP contribution in [-0.2, 0) is 12.8 Å². The standard InChI is InChI=1S/C14H13ClN4.ClH/c15-13-12-14(17-9-16-12)19-11(18-13)8-4-7-10-5-2-1-3-6-10;/h1-3,5-6,9H,4,7-8H2,(H,16,17,18,19);1H. The van der Waals surface area contributed by atoms with Crippen molar-refractivity contribution < 1.29 is 17.4 Å². The monoisotopic (exact) mass is 308 g/mol. The topological polar surface area (TPSA) is 55.7 Å². The number of hydrogen-bond donors (Lipinski definition) is 1. The maximum absolute atomic E-state index is 6.10. The summed E-state index contributed by atoms with van der Waals surface area (Å²) in [6.45, 7) is 0. The average Bonchev–Trinajstić information content (AvgIpc) is 2.89. The number of imidazole rings is 1. The minimum atomic E-state index is 0. The molecule has 0 radical (unpaired) electrons. The summed E-state index contributed by atoms with van der Waals surface area (Å²) in [4.78, 5) is 14.8. The largest absolute Gasteiger partial charge is 1.00 e. The summed E-state index contributed by atoms with van der Waals surface area (Å²) in [6, 6.07) is 10.4. The highest BCUT2D eigenvalue weighted by Crippen LogP contribution is 2.15. The first-order chi connectivity index (χ1) is 9.33. The average molecular weight is 309 g/mol. The molecule has 104 valence electrons. The van der Waals surface area contributed by atoms with Gasteiger partial charge in [0.15, 0.2) is 11.5 Å². The van der Waals surface area contributed by atoms with Crippen molar-refractivity contribution in [3.05, 3.63) is 53.2 Å². The lowest BCUT2D eigenvalue weighted by Crippen LogP contribution is -3.00. The van der Waals surface area contributed by atoms with Crippen molar-refractivity contribution in [2.75, 3.05) is 0 Å². The Labute approximate surface area is 128 Å². The van der Waals surface area contributed by atoms with Gasteiger partial charge in [-0.1, -0.05) is 46.9 Å². The fourth-order valence-corrected chi connectivity index (χ4v) is 2.33. The molecule has 0 fully saturated rings. The van der Waals surface area contributed by atoms with Crippen LogP contribution in [0, 0.1) is 0 Å². The third kappa shape index (κ3) is 3.26. The van der Waals surface area contributed by atoms with E-state index in [2.05, 4.69) is 44.2 Å². The molecule has 3 rings (SSSR count). The molecule has 0 atom stereocenters. The number of H-pyrrole nitrogens is 2. The molecule has 3 aromatic rings. The fourth-order valence-electron chi connectivity index (χ4n) is 2.09. The van der Waals surface area contributed by atoms with Gasteiger partial charge in [-0.2, -0.15) is 0 Å². The quantitative estimate of drug-likeness (QED) is 0.667. The predicted octanol–water partition coefficient (Wildman–Crippen LogP) is -0.395. The number of nitrogens with zero attached hydrogens (tertiary/aromatic N) is 2. The highest BCUT2D eigenvalue weighted by Gasteiger charge is 2.13. The van der Waals surface area contributed by atoms with Gasteiger partial charge in [-0.05, 0) is 18.4 Å². The van der Waals surface area contributed by atoms with Gasteiger partial charge in [0.25, 0.3) is 0 Å². The number of halogens is 2. The minimum Gasteiger partial charge on any atom is -1.00 e. The predicted molar refractivity (Wildman–Crippen MR) is 73.9 cm³/mol. The first-order valence-electron chi connectivity index (χ1n) is 6.28. The Morgan fingerprint density at radius 3 is 2.70 bits per heavy atom. The second kappa shape index (κ2) is 6.68. The lowest BCUT2D eigenvalue weighted by atomic mass is 10.1. The van der Waals surface area contributed by atoms with Gasteiger partial charge in [0.1, 0.15) is 0 Å². The Hall–Kier alpha value is -1.65. The van der Waals surface area contributed by atoms with E-state index in [0.717, 1.165) is 36.3 Å². The van der Waals surface area contributed by atoms with E-state index in [1.165, 1.54) is 5.56 Å². The van der Waals surface area contributed by atoms with E-state index < -0.39 is 0 Å². The van der Waals surface area contributed by atoms with Gasteiger partial charge < -0.3 is 12.4 Å². The minimum absolute atomic E-state index is 0. The molecule has 4 nitrogen and oxygen atoms in total. The number of nitrogens with one attached hydrogen (secondary N) is 2. The van der Waals surface area contributed by atoms with Crippen LogP contribution in [0.25, 0.3) is 11.2 Å². The first-order valence-corrected chi connectivity index (χ1v) is 6.66. The van der Waals surface area contributed by atoms with Gasteiger partial charge in [-0.15, -0.1) is 0 Å². The van der Waals surface area contributed by atoms with Crippen LogP contribution in [-0.4, -0.2) is 15.0 Å². The maximum Gasteiger partial charge on any atom is 0.304 e. The molecule has 0 saturated carbocycles. The molecule has 2 heterocycles. The zero-order valence-corrected chi connectivity index (χ0v) is 12.2. The van der Waals surface area contributed by atoms with Gasteiger partial charge >= 0.3 is 5.65 Å². The molecule has 0 saturated heterocycles. The van der Waals surface area contributed by atoms with Crippen molar-refractivity contribution in [1.82, 2.24) is 15.0 Å². The summed E-state index contributed by atoms with van der Waals surface area (Å²) in [5.74, 6) is 0.782. The van der Waals surface area contributed by atoms with Crippen molar-refractivity contribution >= 4 is 22.8 Å². The molecule has 0 aliphatic heterocycles. The number of aromatic amines is 2. The highest BCUT2D eigenvalue weighted by molar-refractivity contribution is 6.33. The lowest BCUT2D eigenvalue weighted by Gasteiger charge is -1.99. The van der Waals surface area contributed by atoms with Gasteiger partial charge in [-0.25, -0.2) is 9.97 Å². The number of hydrogen-bond acceptors (Lipinski definition) is 2. The SMILES string of the molecule is Clc1nc(CCCc2ccccc2)nc2[nH+]c[nH]c12.[Cl-]. The second-order valence-corrected chi connectivity index (χ2v) is 4.78. The first kappa shape index (κ1) is 14.8. The highest BCUT2D eigenvalue weighted by atomic mass is 35.5. The van der Waals surface area contributed by atoms with E-state index in [1.54, 1.807) is 6.33 Å². The van der Waals surface area contributed by atoms with Crippen LogP contribution in [0.1, 0.15) is 17.8 Å². The van der Waals surface area contributed by atoms with E-state index in [0.29, 0.717) is 5.15 Å². The van der Waals surface area contributed by atoms with Crippen LogP contribution in [0.5, 0.6) is 0 Å². The molecule has 20 heavy (non-hydrogen) atoms. The molecule has 0 bridgehead atoms. The third-order valence-corrected chi connectivity index (χ3v) is 3.32. The summed E-state index contributed by atoms with van der Waals surface area (Å²) in [5, 5.41) is 0.473. The smallest absolute Gasteiger partial charge is 0.304 e. The van der Waals surface area contributed by atoms with Gasteiger partial charge in [0.2, 0.25) is 11.3 Å². The van der Waals surface area contributed by atoms with Crippen molar-refractivity contribution in [2.45, 2.75) is 19.3 Å². The van der Waals surface area contributed by atoms with Gasteiger partial charge in [0.05, 0.1) is 0 Å². The molecular formula is C14H14Cl2N4. The molecule has 0 unspecified atom stereocenters. The van der Waals surface area contributed by atoms with E-state index in [1.807, 2.05) is 6.07 Å². The van der Waals surface area contributed by atoms with Crippen molar-refractivity contribution in [1.29, 1.82) is 0 Å². The number of rotatable bonds is 4. The van der Waals surface area contributed by atoms with E-state index in [-0.39, 0.29) is 12.4 Å². The third-order valence-electron chi connectivity index (χ3n) is 3.05. The summed E-state index contributed by atoms with van der Waals surface area (Å²) >= 11 is 6.10. The Kier molecular flexibility index (Phi) is 4.93. The molecule has 0 spiro atoms. The molecule has 0 amide bonds. The normalized spacial score (nSPS) is 10.4. The van der Waals surface area contributed by atoms with E-state index >= 15 is 0 Å². The zero-order chi connectivity index (χ0) is 13.1. The maximum atomic E-state index is 6.10. The van der Waals surface area contributed by atoms with Crippen molar-refractivity contribution in [3.8, 4) is 0 Å². The van der Waals surface area contributed by atoms with Crippen molar-refractivity contribution in [2.24, 2.45) is 0 Å². The number of aromatic nitrogens is 4. The molecule has 0 aliphatic rings. The number of benzene rings is 1. The van der Waals surface area contributed by atoms with E-state index in [9.17, 15) is 0 Å². The summed E-state index contributed by atoms with van der Waals surface area (Å²) < 4.78 is 0. The molecule has 6 heteroatoms. The second-order valence-electron chi connectivity index (χ2n) is 4.43.